The average Bonchev–Trinajstić information content (AvgIpc) is 2.26. The van der Waals surface area contributed by atoms with Crippen LogP contribution in [0.25, 0.3) is 0 Å². The van der Waals surface area contributed by atoms with Gasteiger partial charge in [0.15, 0.2) is 0 Å². The first-order valence-corrected chi connectivity index (χ1v) is 12.5. The van der Waals surface area contributed by atoms with Crippen LogP contribution in [-0.4, -0.2) is 19.0 Å². The molecule has 1 aromatic carbocycles. The van der Waals surface area contributed by atoms with Crippen LogP contribution in [0.1, 0.15) is 83.1 Å². The minimum atomic E-state index is 0.173. The number of benzene rings is 1. The number of thioether (sulfide) groups is 4. The maximum Gasteiger partial charge on any atom is 0.0305 e. The summed E-state index contributed by atoms with van der Waals surface area (Å²) in [7, 11) is 0. The number of rotatable bonds is 4. The molecule has 0 saturated carbocycles. The van der Waals surface area contributed by atoms with Gasteiger partial charge >= 0.3 is 0 Å². The van der Waals surface area contributed by atoms with Gasteiger partial charge in [-0.05, 0) is 6.07 Å². The lowest BCUT2D eigenvalue weighted by Gasteiger charge is -2.28. The Morgan fingerprint density at radius 3 is 1.00 bits per heavy atom. The molecule has 0 unspecified atom stereocenters. The van der Waals surface area contributed by atoms with Crippen LogP contribution >= 0.6 is 47.0 Å². The van der Waals surface area contributed by atoms with Gasteiger partial charge in [0.1, 0.15) is 0 Å². The third-order valence-electron chi connectivity index (χ3n) is 2.59. The van der Waals surface area contributed by atoms with E-state index < -0.39 is 0 Å². The maximum atomic E-state index is 3.82. The van der Waals surface area contributed by atoms with Gasteiger partial charge in [-0.1, -0.05) is 83.1 Å². The van der Waals surface area contributed by atoms with Gasteiger partial charge in [0.2, 0.25) is 0 Å². The Morgan fingerprint density at radius 2 is 0.769 bits per heavy atom. The number of hydrogen-bond acceptors (Lipinski definition) is 4. The summed E-state index contributed by atoms with van der Waals surface area (Å²) < 4.78 is 0.713. The van der Waals surface area contributed by atoms with E-state index in [1.165, 1.54) is 19.6 Å². The van der Waals surface area contributed by atoms with E-state index >= 15 is 0 Å². The monoisotopic (exact) mass is 429 g/mol. The fourth-order valence-corrected chi connectivity index (χ4v) is 6.50. The predicted octanol–water partition coefficient (Wildman–Crippen LogP) is 9.05. The molecular formula is C22H37S4. The summed E-state index contributed by atoms with van der Waals surface area (Å²) >= 11 is 7.79. The lowest BCUT2D eigenvalue weighted by atomic mass is 10.2. The second kappa shape index (κ2) is 8.55. The van der Waals surface area contributed by atoms with Crippen LogP contribution in [0.4, 0.5) is 0 Å². The molecule has 1 radical (unpaired) electrons. The fourth-order valence-electron chi connectivity index (χ4n) is 2.05. The minimum Gasteiger partial charge on any atom is -0.119 e. The highest BCUT2D eigenvalue weighted by molar-refractivity contribution is 8.04. The summed E-state index contributed by atoms with van der Waals surface area (Å²) in [6, 6.07) is 6.25. The lowest BCUT2D eigenvalue weighted by Crippen LogP contribution is -2.12. The molecule has 0 saturated heterocycles. The highest BCUT2D eigenvalue weighted by Crippen LogP contribution is 2.49. The van der Waals surface area contributed by atoms with Crippen molar-refractivity contribution < 1.29 is 0 Å². The van der Waals surface area contributed by atoms with Crippen LogP contribution in [0.15, 0.2) is 25.6 Å². The second-order valence-corrected chi connectivity index (χ2v) is 17.9. The van der Waals surface area contributed by atoms with Crippen LogP contribution in [0.5, 0.6) is 0 Å². The van der Waals surface area contributed by atoms with Crippen LogP contribution in [0.2, 0.25) is 0 Å². The fraction of sp³-hybridized carbons (Fsp3) is 0.727. The summed E-state index contributed by atoms with van der Waals surface area (Å²) in [5, 5.41) is 0. The summed E-state index contributed by atoms with van der Waals surface area (Å²) in [5.41, 5.74) is 0. The molecular weight excluding hydrogens is 393 g/mol. The zero-order valence-corrected chi connectivity index (χ0v) is 22.0. The highest BCUT2D eigenvalue weighted by Gasteiger charge is 2.25. The van der Waals surface area contributed by atoms with Crippen molar-refractivity contribution in [2.24, 2.45) is 0 Å². The van der Waals surface area contributed by atoms with Crippen LogP contribution in [0.3, 0.4) is 0 Å². The number of hydrogen-bond donors (Lipinski definition) is 0. The van der Waals surface area contributed by atoms with Crippen molar-refractivity contribution in [1.29, 1.82) is 0 Å². The van der Waals surface area contributed by atoms with Crippen LogP contribution < -0.4 is 0 Å². The molecule has 0 atom stereocenters. The Hall–Kier alpha value is 0.620. The Bertz CT molecular complexity index is 499. The van der Waals surface area contributed by atoms with Crippen molar-refractivity contribution in [3.8, 4) is 0 Å². The standard InChI is InChI=1S/C22H37S4/c1-19(2,3)23-15-13-17(25-21(7,8)9)18(26-22(10,11)12)14-16(15)24-20(4,5)6/h13H,1-12H3. The van der Waals surface area contributed by atoms with E-state index in [1.807, 2.05) is 47.0 Å². The van der Waals surface area contributed by atoms with Crippen molar-refractivity contribution in [2.75, 3.05) is 0 Å². The van der Waals surface area contributed by atoms with Gasteiger partial charge in [0.25, 0.3) is 0 Å². The molecule has 0 N–H and O–H groups in total. The van der Waals surface area contributed by atoms with Gasteiger partial charge in [0.05, 0.1) is 0 Å². The maximum absolute atomic E-state index is 3.82. The molecule has 4 heteroatoms. The molecule has 0 fully saturated rings. The van der Waals surface area contributed by atoms with E-state index in [2.05, 4.69) is 95.2 Å². The molecule has 0 amide bonds. The van der Waals surface area contributed by atoms with Gasteiger partial charge in [0, 0.05) is 44.6 Å². The molecule has 0 aliphatic heterocycles. The molecule has 26 heavy (non-hydrogen) atoms. The van der Waals surface area contributed by atoms with Crippen molar-refractivity contribution in [3.63, 3.8) is 0 Å². The molecule has 0 spiro atoms. The van der Waals surface area contributed by atoms with Gasteiger partial charge in [-0.2, -0.15) is 0 Å². The van der Waals surface area contributed by atoms with Crippen molar-refractivity contribution in [2.45, 2.75) is 122 Å². The van der Waals surface area contributed by atoms with Crippen molar-refractivity contribution in [1.82, 2.24) is 0 Å². The van der Waals surface area contributed by atoms with Gasteiger partial charge in [-0.25, -0.2) is 0 Å². The van der Waals surface area contributed by atoms with E-state index in [0.717, 1.165) is 0 Å². The van der Waals surface area contributed by atoms with E-state index in [9.17, 15) is 0 Å². The van der Waals surface area contributed by atoms with Gasteiger partial charge in [-0.3, -0.25) is 0 Å². The molecule has 0 aromatic heterocycles. The third-order valence-corrected chi connectivity index (χ3v) is 7.43. The Labute approximate surface area is 180 Å². The van der Waals surface area contributed by atoms with Gasteiger partial charge < -0.3 is 0 Å². The molecule has 0 nitrogen and oxygen atoms in total. The van der Waals surface area contributed by atoms with E-state index in [0.29, 0.717) is 0 Å². The van der Waals surface area contributed by atoms with Crippen molar-refractivity contribution in [3.05, 3.63) is 12.1 Å². The van der Waals surface area contributed by atoms with Crippen LogP contribution in [0, 0.1) is 6.07 Å². The largest absolute Gasteiger partial charge is 0.119 e. The predicted molar refractivity (Wildman–Crippen MR) is 128 cm³/mol. The third kappa shape index (κ3) is 10.2. The summed E-state index contributed by atoms with van der Waals surface area (Å²) in [6.07, 6.45) is 0. The van der Waals surface area contributed by atoms with E-state index in [1.54, 1.807) is 0 Å². The Kier molecular flexibility index (Phi) is 8.11. The first-order valence-electron chi connectivity index (χ1n) is 9.21. The first kappa shape index (κ1) is 24.7. The van der Waals surface area contributed by atoms with E-state index in [4.69, 9.17) is 0 Å². The summed E-state index contributed by atoms with van der Waals surface area (Å²) in [4.78, 5) is 5.31. The second-order valence-electron chi connectivity index (χ2n) is 10.5. The Morgan fingerprint density at radius 1 is 0.500 bits per heavy atom. The lowest BCUT2D eigenvalue weighted by molar-refractivity contribution is 0.785. The zero-order valence-electron chi connectivity index (χ0n) is 18.7. The minimum absolute atomic E-state index is 0.173. The molecule has 0 aliphatic carbocycles. The molecule has 0 heterocycles. The molecule has 0 aliphatic rings. The van der Waals surface area contributed by atoms with Gasteiger partial charge in [-0.15, -0.1) is 47.0 Å². The summed E-state index contributed by atoms with van der Waals surface area (Å²) in [6.45, 7) is 27.4. The quantitative estimate of drug-likeness (QED) is 0.437. The highest BCUT2D eigenvalue weighted by atomic mass is 32.2. The molecule has 0 bridgehead atoms. The van der Waals surface area contributed by atoms with E-state index in [-0.39, 0.29) is 19.0 Å². The zero-order chi connectivity index (χ0) is 20.6. The first-order chi connectivity index (χ1) is 11.3. The average molecular weight is 430 g/mol. The molecule has 1 aromatic rings. The molecule has 149 valence electrons. The van der Waals surface area contributed by atoms with Crippen molar-refractivity contribution >= 4 is 47.0 Å². The smallest absolute Gasteiger partial charge is 0.0305 e. The van der Waals surface area contributed by atoms with Crippen LogP contribution in [-0.2, 0) is 0 Å². The Balaban J connectivity index is 3.53. The summed E-state index contributed by atoms with van der Waals surface area (Å²) in [5.74, 6) is 0. The SMILES string of the molecule is CC(C)(C)Sc1[c]c(SC(C)(C)C)c(SC(C)(C)C)cc1SC(C)(C)C. The topological polar surface area (TPSA) is 0 Å². The molecule has 1 rings (SSSR count). The normalized spacial score (nSPS) is 14.0.